The van der Waals surface area contributed by atoms with Gasteiger partial charge in [-0.05, 0) is 65.7 Å². The van der Waals surface area contributed by atoms with Gasteiger partial charge in [0, 0.05) is 0 Å². The molecule has 28 heavy (non-hydrogen) atoms. The summed E-state index contributed by atoms with van der Waals surface area (Å²) in [6.45, 7) is 3.80. The molecule has 0 aromatic heterocycles. The third-order valence-corrected chi connectivity index (χ3v) is 5.36. The Morgan fingerprint density at radius 3 is 2.46 bits per heavy atom. The number of nitriles is 1. The van der Waals surface area contributed by atoms with Crippen molar-refractivity contribution < 1.29 is 22.1 Å². The minimum Gasteiger partial charge on any atom is -0.490 e. The van der Waals surface area contributed by atoms with Crippen molar-refractivity contribution in [3.05, 3.63) is 57.6 Å². The van der Waals surface area contributed by atoms with Crippen LogP contribution in [-0.4, -0.2) is 20.9 Å². The third kappa shape index (κ3) is 5.12. The molecule has 0 saturated heterocycles. The summed E-state index contributed by atoms with van der Waals surface area (Å²) in [5, 5.41) is 8.99. The normalized spacial score (nSPS) is 11.6. The van der Waals surface area contributed by atoms with Crippen LogP contribution in [0.15, 0.2) is 51.3 Å². The number of benzene rings is 2. The molecule has 0 aliphatic rings. The monoisotopic (exact) mass is 464 g/mol. The van der Waals surface area contributed by atoms with Crippen molar-refractivity contribution in [2.24, 2.45) is 5.73 Å². The molecule has 0 fully saturated rings. The molecule has 0 heterocycles. The highest BCUT2D eigenvalue weighted by Crippen LogP contribution is 2.39. The van der Waals surface area contributed by atoms with E-state index in [9.17, 15) is 13.2 Å². The lowest BCUT2D eigenvalue weighted by molar-refractivity contribution is -0.114. The van der Waals surface area contributed by atoms with Crippen molar-refractivity contribution in [3.8, 4) is 17.6 Å². The van der Waals surface area contributed by atoms with E-state index >= 15 is 0 Å². The highest BCUT2D eigenvalue weighted by molar-refractivity contribution is 9.10. The van der Waals surface area contributed by atoms with Gasteiger partial charge in [-0.2, -0.15) is 13.7 Å². The topological polar surface area (TPSA) is 119 Å². The van der Waals surface area contributed by atoms with E-state index in [0.29, 0.717) is 5.56 Å². The van der Waals surface area contributed by atoms with Crippen LogP contribution in [0.3, 0.4) is 0 Å². The SMILES string of the molecule is CCOc1cc(/C=C(\C#N)C(N)=O)cc(Br)c1OS(=O)(=O)c1ccc(C)cc1. The Kier molecular flexibility index (Phi) is 6.83. The molecule has 0 saturated carbocycles. The first-order valence-electron chi connectivity index (χ1n) is 8.07. The average Bonchev–Trinajstić information content (AvgIpc) is 2.63. The summed E-state index contributed by atoms with van der Waals surface area (Å²) in [6.07, 6.45) is 1.27. The molecule has 9 heteroatoms. The quantitative estimate of drug-likeness (QED) is 0.381. The molecule has 0 unspecified atom stereocenters. The largest absolute Gasteiger partial charge is 0.490 e. The summed E-state index contributed by atoms with van der Waals surface area (Å²) in [4.78, 5) is 11.2. The molecule has 2 N–H and O–H groups in total. The second-order valence-electron chi connectivity index (χ2n) is 5.65. The maximum atomic E-state index is 12.6. The van der Waals surface area contributed by atoms with Gasteiger partial charge < -0.3 is 14.7 Å². The van der Waals surface area contributed by atoms with E-state index in [0.717, 1.165) is 5.56 Å². The summed E-state index contributed by atoms with van der Waals surface area (Å²) in [7, 11) is -4.10. The maximum Gasteiger partial charge on any atom is 0.339 e. The molecular formula is C19H17BrN2O5S. The average molecular weight is 465 g/mol. The zero-order valence-corrected chi connectivity index (χ0v) is 17.5. The summed E-state index contributed by atoms with van der Waals surface area (Å²) in [6, 6.07) is 10.9. The second-order valence-corrected chi connectivity index (χ2v) is 8.05. The first kappa shape index (κ1) is 21.5. The van der Waals surface area contributed by atoms with Gasteiger partial charge in [0.2, 0.25) is 0 Å². The van der Waals surface area contributed by atoms with Crippen molar-refractivity contribution in [2.75, 3.05) is 6.61 Å². The summed E-state index contributed by atoms with van der Waals surface area (Å²) in [5.41, 5.74) is 6.21. The van der Waals surface area contributed by atoms with Crippen LogP contribution in [0.4, 0.5) is 0 Å². The Balaban J connectivity index is 2.51. The Bertz CT molecular complexity index is 1070. The van der Waals surface area contributed by atoms with Crippen LogP contribution in [0.1, 0.15) is 18.1 Å². The van der Waals surface area contributed by atoms with Crippen LogP contribution in [-0.2, 0) is 14.9 Å². The number of halogens is 1. The smallest absolute Gasteiger partial charge is 0.339 e. The fourth-order valence-electron chi connectivity index (χ4n) is 2.20. The molecule has 1 amide bonds. The molecule has 2 rings (SSSR count). The van der Waals surface area contributed by atoms with Gasteiger partial charge in [-0.3, -0.25) is 4.79 Å². The number of amides is 1. The number of ether oxygens (including phenoxy) is 1. The van der Waals surface area contributed by atoms with E-state index in [1.807, 2.05) is 6.92 Å². The lowest BCUT2D eigenvalue weighted by Crippen LogP contribution is -2.12. The number of carbonyl (C=O) groups excluding carboxylic acids is 1. The lowest BCUT2D eigenvalue weighted by Gasteiger charge is -2.14. The molecule has 0 aliphatic carbocycles. The predicted molar refractivity (Wildman–Crippen MR) is 107 cm³/mol. The minimum absolute atomic E-state index is 0.00286. The van der Waals surface area contributed by atoms with Crippen molar-refractivity contribution >= 4 is 38.0 Å². The molecule has 0 spiro atoms. The molecular weight excluding hydrogens is 448 g/mol. The summed E-state index contributed by atoms with van der Waals surface area (Å²) in [5.74, 6) is -0.795. The van der Waals surface area contributed by atoms with Gasteiger partial charge in [0.25, 0.3) is 5.91 Å². The molecule has 0 bridgehead atoms. The maximum absolute atomic E-state index is 12.6. The first-order valence-corrected chi connectivity index (χ1v) is 10.3. The number of aryl methyl sites for hydroxylation is 1. The molecule has 146 valence electrons. The van der Waals surface area contributed by atoms with E-state index in [2.05, 4.69) is 15.9 Å². The summed E-state index contributed by atoms with van der Waals surface area (Å²) < 4.78 is 36.3. The number of nitrogens with zero attached hydrogens (tertiary/aromatic N) is 1. The fraction of sp³-hybridized carbons (Fsp3) is 0.158. The van der Waals surface area contributed by atoms with Gasteiger partial charge in [-0.1, -0.05) is 17.7 Å². The van der Waals surface area contributed by atoms with Gasteiger partial charge in [-0.25, -0.2) is 0 Å². The van der Waals surface area contributed by atoms with E-state index in [4.69, 9.17) is 19.9 Å². The molecule has 0 aliphatic heterocycles. The zero-order chi connectivity index (χ0) is 20.9. The van der Waals surface area contributed by atoms with Crippen LogP contribution < -0.4 is 14.7 Å². The molecule has 0 atom stereocenters. The third-order valence-electron chi connectivity index (χ3n) is 3.53. The lowest BCUT2D eigenvalue weighted by atomic mass is 10.1. The number of hydrogen-bond donors (Lipinski definition) is 1. The number of rotatable bonds is 7. The van der Waals surface area contributed by atoms with Crippen molar-refractivity contribution in [3.63, 3.8) is 0 Å². The first-order chi connectivity index (χ1) is 13.2. The summed E-state index contributed by atoms with van der Waals surface area (Å²) >= 11 is 3.26. The van der Waals surface area contributed by atoms with E-state index < -0.39 is 16.0 Å². The van der Waals surface area contributed by atoms with E-state index in [1.165, 1.54) is 30.3 Å². The Morgan fingerprint density at radius 2 is 1.93 bits per heavy atom. The van der Waals surface area contributed by atoms with Gasteiger partial charge >= 0.3 is 10.1 Å². The van der Waals surface area contributed by atoms with Gasteiger partial charge in [0.1, 0.15) is 16.5 Å². The van der Waals surface area contributed by atoms with Gasteiger partial charge in [0.05, 0.1) is 11.1 Å². The molecule has 7 nitrogen and oxygen atoms in total. The van der Waals surface area contributed by atoms with Crippen molar-refractivity contribution in [2.45, 2.75) is 18.7 Å². The molecule has 2 aromatic rings. The Morgan fingerprint density at radius 1 is 1.29 bits per heavy atom. The van der Waals surface area contributed by atoms with Crippen LogP contribution in [0.25, 0.3) is 6.08 Å². The number of carbonyl (C=O) groups is 1. The van der Waals surface area contributed by atoms with Gasteiger partial charge in [0.15, 0.2) is 11.5 Å². The highest BCUT2D eigenvalue weighted by atomic mass is 79.9. The number of primary amides is 1. The van der Waals surface area contributed by atoms with Crippen molar-refractivity contribution in [1.82, 2.24) is 0 Å². The standard InChI is InChI=1S/C19H17BrN2O5S/c1-3-26-17-10-13(8-14(11-21)19(22)23)9-16(20)18(17)27-28(24,25)15-6-4-12(2)5-7-15/h4-10H,3H2,1-2H3,(H2,22,23)/b14-8+. The van der Waals surface area contributed by atoms with Crippen LogP contribution in [0.5, 0.6) is 11.5 Å². The van der Waals surface area contributed by atoms with E-state index in [1.54, 1.807) is 25.1 Å². The van der Waals surface area contributed by atoms with Crippen molar-refractivity contribution in [1.29, 1.82) is 5.26 Å². The Hall–Kier alpha value is -2.83. The Labute approximate surface area is 171 Å². The molecule has 0 radical (unpaired) electrons. The zero-order valence-electron chi connectivity index (χ0n) is 15.1. The number of hydrogen-bond acceptors (Lipinski definition) is 6. The molecule has 2 aromatic carbocycles. The van der Waals surface area contributed by atoms with Crippen LogP contribution in [0, 0.1) is 18.3 Å². The minimum atomic E-state index is -4.10. The second kappa shape index (κ2) is 8.91. The van der Waals surface area contributed by atoms with E-state index in [-0.39, 0.29) is 33.0 Å². The number of nitrogens with two attached hydrogens (primary N) is 1. The predicted octanol–water partition coefficient (Wildman–Crippen LogP) is 3.32. The van der Waals surface area contributed by atoms with Gasteiger partial charge in [-0.15, -0.1) is 0 Å². The van der Waals surface area contributed by atoms with Crippen LogP contribution in [0.2, 0.25) is 0 Å². The highest BCUT2D eigenvalue weighted by Gasteiger charge is 2.22. The fourth-order valence-corrected chi connectivity index (χ4v) is 3.81. The van der Waals surface area contributed by atoms with Crippen LogP contribution >= 0.6 is 15.9 Å².